The first kappa shape index (κ1) is 19.4. The quantitative estimate of drug-likeness (QED) is 0.710. The van der Waals surface area contributed by atoms with Gasteiger partial charge in [0.2, 0.25) is 10.0 Å². The highest BCUT2D eigenvalue weighted by atomic mass is 35.5. The summed E-state index contributed by atoms with van der Waals surface area (Å²) < 4.78 is 32.6. The van der Waals surface area contributed by atoms with Crippen LogP contribution in [0.3, 0.4) is 0 Å². The van der Waals surface area contributed by atoms with Gasteiger partial charge in [0, 0.05) is 18.1 Å². The van der Waals surface area contributed by atoms with Crippen molar-refractivity contribution >= 4 is 21.6 Å². The number of nitrogens with zero attached hydrogens (tertiary/aromatic N) is 1. The van der Waals surface area contributed by atoms with E-state index in [1.165, 1.54) is 4.31 Å². The van der Waals surface area contributed by atoms with Crippen LogP contribution in [0.4, 0.5) is 0 Å². The highest BCUT2D eigenvalue weighted by molar-refractivity contribution is 7.89. The largest absolute Gasteiger partial charge is 0.371 e. The molecule has 0 N–H and O–H groups in total. The summed E-state index contributed by atoms with van der Waals surface area (Å²) in [6.45, 7) is 5.54. The first-order chi connectivity index (χ1) is 12.3. The van der Waals surface area contributed by atoms with Gasteiger partial charge < -0.3 is 4.74 Å². The molecule has 0 aromatic heterocycles. The molecule has 1 fully saturated rings. The Labute approximate surface area is 160 Å². The number of sulfonamides is 1. The van der Waals surface area contributed by atoms with Crippen LogP contribution in [0.15, 0.2) is 53.4 Å². The van der Waals surface area contributed by atoms with Crippen molar-refractivity contribution in [2.45, 2.75) is 37.9 Å². The van der Waals surface area contributed by atoms with Crippen molar-refractivity contribution in [3.8, 4) is 0 Å². The Hall–Kier alpha value is -1.40. The van der Waals surface area contributed by atoms with E-state index in [-0.39, 0.29) is 6.10 Å². The Morgan fingerprint density at radius 2 is 1.62 bits per heavy atom. The molecule has 1 heterocycles. The van der Waals surface area contributed by atoms with E-state index in [1.807, 2.05) is 36.4 Å². The van der Waals surface area contributed by atoms with Crippen molar-refractivity contribution < 1.29 is 13.2 Å². The Kier molecular flexibility index (Phi) is 6.03. The third kappa shape index (κ3) is 4.65. The zero-order valence-corrected chi connectivity index (χ0v) is 16.6. The van der Waals surface area contributed by atoms with Gasteiger partial charge in [-0.3, -0.25) is 0 Å². The molecule has 3 rings (SSSR count). The zero-order valence-electron chi connectivity index (χ0n) is 15.1. The highest BCUT2D eigenvalue weighted by Gasteiger charge is 2.37. The second kappa shape index (κ2) is 8.09. The van der Waals surface area contributed by atoms with Crippen molar-refractivity contribution in [1.82, 2.24) is 4.31 Å². The minimum atomic E-state index is -3.43. The summed E-state index contributed by atoms with van der Waals surface area (Å²) in [6.07, 6.45) is 0.880. The third-order valence-corrected chi connectivity index (χ3v) is 6.52. The monoisotopic (exact) mass is 393 g/mol. The van der Waals surface area contributed by atoms with Crippen LogP contribution in [-0.4, -0.2) is 31.9 Å². The fraction of sp³-hybridized carbons (Fsp3) is 0.400. The van der Waals surface area contributed by atoms with Gasteiger partial charge in [0.05, 0.1) is 17.6 Å². The number of halogens is 1. The van der Waals surface area contributed by atoms with E-state index in [2.05, 4.69) is 13.8 Å². The van der Waals surface area contributed by atoms with Crippen molar-refractivity contribution in [3.63, 3.8) is 0 Å². The fourth-order valence-electron chi connectivity index (χ4n) is 2.92. The highest BCUT2D eigenvalue weighted by Crippen LogP contribution is 2.24. The van der Waals surface area contributed by atoms with E-state index in [9.17, 15) is 8.42 Å². The lowest BCUT2D eigenvalue weighted by Crippen LogP contribution is -2.54. The SMILES string of the molecule is CC(C)Cc1ccc(S(=O)(=O)N2CC(OCc3ccc(Cl)cc3)C2)cc1. The van der Waals surface area contributed by atoms with Crippen LogP contribution in [-0.2, 0) is 27.8 Å². The van der Waals surface area contributed by atoms with Gasteiger partial charge in [-0.15, -0.1) is 0 Å². The molecule has 1 aliphatic heterocycles. The smallest absolute Gasteiger partial charge is 0.243 e. The minimum Gasteiger partial charge on any atom is -0.371 e. The van der Waals surface area contributed by atoms with Crippen LogP contribution in [0.25, 0.3) is 0 Å². The van der Waals surface area contributed by atoms with Gasteiger partial charge in [-0.1, -0.05) is 49.7 Å². The second-order valence-electron chi connectivity index (χ2n) is 7.12. The van der Waals surface area contributed by atoms with E-state index in [4.69, 9.17) is 16.3 Å². The molecular formula is C20H24ClNO3S. The molecule has 1 aliphatic rings. The summed E-state index contributed by atoms with van der Waals surface area (Å²) in [7, 11) is -3.43. The lowest BCUT2D eigenvalue weighted by molar-refractivity contribution is -0.0295. The van der Waals surface area contributed by atoms with Gasteiger partial charge in [-0.2, -0.15) is 4.31 Å². The standard InChI is InChI=1S/C20H24ClNO3S/c1-15(2)11-16-5-9-20(10-6-16)26(23,24)22-12-19(13-22)25-14-17-3-7-18(21)8-4-17/h3-10,15,19H,11-14H2,1-2H3. The Bertz CT molecular complexity index is 826. The molecule has 0 amide bonds. The summed E-state index contributed by atoms with van der Waals surface area (Å²) in [6, 6.07) is 14.7. The number of hydrogen-bond donors (Lipinski definition) is 0. The van der Waals surface area contributed by atoms with Gasteiger partial charge in [0.1, 0.15) is 0 Å². The van der Waals surface area contributed by atoms with Crippen molar-refractivity contribution in [1.29, 1.82) is 0 Å². The molecule has 0 radical (unpaired) electrons. The van der Waals surface area contributed by atoms with Gasteiger partial charge in [0.15, 0.2) is 0 Å². The first-order valence-electron chi connectivity index (χ1n) is 8.80. The lowest BCUT2D eigenvalue weighted by atomic mass is 10.0. The number of ether oxygens (including phenoxy) is 1. The predicted molar refractivity (Wildman–Crippen MR) is 104 cm³/mol. The topological polar surface area (TPSA) is 46.6 Å². The van der Waals surface area contributed by atoms with Crippen molar-refractivity contribution in [3.05, 3.63) is 64.7 Å². The minimum absolute atomic E-state index is 0.0688. The molecule has 6 heteroatoms. The summed E-state index contributed by atoms with van der Waals surface area (Å²) >= 11 is 5.86. The molecule has 0 saturated carbocycles. The Balaban J connectivity index is 1.53. The van der Waals surface area contributed by atoms with Gasteiger partial charge >= 0.3 is 0 Å². The van der Waals surface area contributed by atoms with Crippen LogP contribution in [0.1, 0.15) is 25.0 Å². The molecule has 1 saturated heterocycles. The summed E-state index contributed by atoms with van der Waals surface area (Å²) in [5.74, 6) is 0.548. The number of benzene rings is 2. The Morgan fingerprint density at radius 1 is 1.04 bits per heavy atom. The zero-order chi connectivity index (χ0) is 18.7. The maximum Gasteiger partial charge on any atom is 0.243 e. The maximum absolute atomic E-state index is 12.7. The molecule has 0 atom stereocenters. The third-order valence-electron chi connectivity index (χ3n) is 4.42. The average Bonchev–Trinajstić information content (AvgIpc) is 2.55. The lowest BCUT2D eigenvalue weighted by Gasteiger charge is -2.37. The maximum atomic E-state index is 12.7. The molecule has 0 spiro atoms. The second-order valence-corrected chi connectivity index (χ2v) is 9.50. The van der Waals surface area contributed by atoms with E-state index < -0.39 is 10.0 Å². The molecule has 4 nitrogen and oxygen atoms in total. The van der Waals surface area contributed by atoms with Gasteiger partial charge in [-0.05, 0) is 47.7 Å². The van der Waals surface area contributed by atoms with Crippen LogP contribution in [0.2, 0.25) is 5.02 Å². The molecule has 0 aliphatic carbocycles. The molecule has 2 aromatic rings. The molecule has 2 aromatic carbocycles. The summed E-state index contributed by atoms with van der Waals surface area (Å²) in [5, 5.41) is 0.689. The van der Waals surface area contributed by atoms with E-state index in [0.717, 1.165) is 17.5 Å². The van der Waals surface area contributed by atoms with Crippen LogP contribution in [0, 0.1) is 5.92 Å². The van der Waals surface area contributed by atoms with Crippen LogP contribution < -0.4 is 0 Å². The fourth-order valence-corrected chi connectivity index (χ4v) is 4.54. The average molecular weight is 394 g/mol. The number of hydrogen-bond acceptors (Lipinski definition) is 3. The first-order valence-corrected chi connectivity index (χ1v) is 10.6. The predicted octanol–water partition coefficient (Wildman–Crippen LogP) is 4.13. The summed E-state index contributed by atoms with van der Waals surface area (Å²) in [4.78, 5) is 0.348. The normalized spacial score (nSPS) is 16.0. The van der Waals surface area contributed by atoms with Gasteiger partial charge in [0.25, 0.3) is 0 Å². The molecule has 0 unspecified atom stereocenters. The molecule has 140 valence electrons. The van der Waals surface area contributed by atoms with Crippen LogP contribution in [0.5, 0.6) is 0 Å². The summed E-state index contributed by atoms with van der Waals surface area (Å²) in [5.41, 5.74) is 2.18. The molecule has 0 bridgehead atoms. The number of rotatable bonds is 7. The van der Waals surface area contributed by atoms with Crippen molar-refractivity contribution in [2.75, 3.05) is 13.1 Å². The Morgan fingerprint density at radius 3 is 2.19 bits per heavy atom. The molecule has 26 heavy (non-hydrogen) atoms. The van der Waals surface area contributed by atoms with Crippen LogP contribution >= 0.6 is 11.6 Å². The van der Waals surface area contributed by atoms with E-state index in [1.54, 1.807) is 12.1 Å². The molecular weight excluding hydrogens is 370 g/mol. The van der Waals surface area contributed by atoms with E-state index >= 15 is 0 Å². The van der Waals surface area contributed by atoms with E-state index in [0.29, 0.717) is 35.5 Å². The van der Waals surface area contributed by atoms with Gasteiger partial charge in [-0.25, -0.2) is 8.42 Å². The van der Waals surface area contributed by atoms with Crippen molar-refractivity contribution in [2.24, 2.45) is 5.92 Å².